The van der Waals surface area contributed by atoms with E-state index in [1.54, 1.807) is 4.90 Å². The summed E-state index contributed by atoms with van der Waals surface area (Å²) < 4.78 is 38.8. The largest absolute Gasteiger partial charge is 0.416 e. The van der Waals surface area contributed by atoms with Crippen LogP contribution < -0.4 is 5.73 Å². The summed E-state index contributed by atoms with van der Waals surface area (Å²) in [6, 6.07) is 5.26. The van der Waals surface area contributed by atoms with Gasteiger partial charge in [0.05, 0.1) is 12.0 Å². The van der Waals surface area contributed by atoms with E-state index in [9.17, 15) is 18.0 Å². The Kier molecular flexibility index (Phi) is 4.56. The van der Waals surface area contributed by atoms with Gasteiger partial charge in [-0.2, -0.15) is 13.2 Å². The number of hydrogen-bond donors (Lipinski definition) is 1. The fourth-order valence-electron chi connectivity index (χ4n) is 2.79. The maximum Gasteiger partial charge on any atom is 0.416 e. The van der Waals surface area contributed by atoms with Crippen molar-refractivity contribution in [1.29, 1.82) is 0 Å². The number of halogens is 3. The normalized spacial score (nSPS) is 23.2. The lowest BCUT2D eigenvalue weighted by atomic mass is 9.97. The summed E-state index contributed by atoms with van der Waals surface area (Å²) in [7, 11) is 0. The number of rotatable bonds is 2. The lowest BCUT2D eigenvalue weighted by molar-refractivity contribution is -0.139. The molecular weight excluding hydrogens is 281 g/mol. The summed E-state index contributed by atoms with van der Waals surface area (Å²) >= 11 is 0. The molecule has 1 fully saturated rings. The average Bonchev–Trinajstić information content (AvgIpc) is 2.37. The number of nitrogens with zero attached hydrogens (tertiary/aromatic N) is 1. The number of benzene rings is 1. The van der Waals surface area contributed by atoms with Crippen molar-refractivity contribution in [2.45, 2.75) is 44.4 Å². The van der Waals surface area contributed by atoms with Gasteiger partial charge in [-0.25, -0.2) is 0 Å². The SMILES string of the molecule is CC1CC(N)CCN1C(=O)Cc1ccccc1C(F)(F)F. The molecule has 6 heteroatoms. The van der Waals surface area contributed by atoms with Gasteiger partial charge in [0, 0.05) is 18.6 Å². The first-order valence-electron chi connectivity index (χ1n) is 6.99. The minimum Gasteiger partial charge on any atom is -0.340 e. The third-order valence-electron chi connectivity index (χ3n) is 3.90. The first-order valence-corrected chi connectivity index (χ1v) is 6.99. The lowest BCUT2D eigenvalue weighted by Crippen LogP contribution is -2.48. The van der Waals surface area contributed by atoms with Crippen molar-refractivity contribution in [1.82, 2.24) is 4.90 Å². The van der Waals surface area contributed by atoms with Crippen LogP contribution in [0.15, 0.2) is 24.3 Å². The standard InChI is InChI=1S/C15H19F3N2O/c1-10-8-12(19)6-7-20(10)14(21)9-11-4-2-3-5-13(11)15(16,17)18/h2-5,10,12H,6-9,19H2,1H3. The Hall–Kier alpha value is -1.56. The lowest BCUT2D eigenvalue weighted by Gasteiger charge is -2.36. The van der Waals surface area contributed by atoms with Gasteiger partial charge >= 0.3 is 6.18 Å². The smallest absolute Gasteiger partial charge is 0.340 e. The first-order chi connectivity index (χ1) is 9.79. The molecule has 0 bridgehead atoms. The van der Waals surface area contributed by atoms with Gasteiger partial charge in [-0.05, 0) is 31.4 Å². The van der Waals surface area contributed by atoms with Gasteiger partial charge in [0.25, 0.3) is 0 Å². The number of piperidine rings is 1. The molecule has 1 aromatic rings. The van der Waals surface area contributed by atoms with Crippen LogP contribution >= 0.6 is 0 Å². The number of hydrogen-bond acceptors (Lipinski definition) is 2. The van der Waals surface area contributed by atoms with Crippen LogP contribution in [0.3, 0.4) is 0 Å². The van der Waals surface area contributed by atoms with E-state index in [-0.39, 0.29) is 30.0 Å². The number of alkyl halides is 3. The summed E-state index contributed by atoms with van der Waals surface area (Å²) in [5, 5.41) is 0. The van der Waals surface area contributed by atoms with Crippen molar-refractivity contribution >= 4 is 5.91 Å². The molecule has 2 N–H and O–H groups in total. The number of nitrogens with two attached hydrogens (primary N) is 1. The van der Waals surface area contributed by atoms with Crippen molar-refractivity contribution in [3.05, 3.63) is 35.4 Å². The van der Waals surface area contributed by atoms with E-state index in [1.165, 1.54) is 18.2 Å². The molecule has 1 aliphatic heterocycles. The molecule has 3 nitrogen and oxygen atoms in total. The van der Waals surface area contributed by atoms with Gasteiger partial charge in [0.1, 0.15) is 0 Å². The molecular formula is C15H19F3N2O. The predicted molar refractivity (Wildman–Crippen MR) is 73.5 cm³/mol. The highest BCUT2D eigenvalue weighted by atomic mass is 19.4. The van der Waals surface area contributed by atoms with Crippen LogP contribution in [-0.2, 0) is 17.4 Å². The van der Waals surface area contributed by atoms with Crippen LogP contribution in [0, 0.1) is 0 Å². The zero-order valence-corrected chi connectivity index (χ0v) is 11.9. The van der Waals surface area contributed by atoms with Crippen LogP contribution in [-0.4, -0.2) is 29.4 Å². The van der Waals surface area contributed by atoms with Gasteiger partial charge < -0.3 is 10.6 Å². The van der Waals surface area contributed by atoms with E-state index >= 15 is 0 Å². The number of likely N-dealkylation sites (tertiary alicyclic amines) is 1. The van der Waals surface area contributed by atoms with Gasteiger partial charge in [-0.1, -0.05) is 18.2 Å². The Morgan fingerprint density at radius 1 is 1.38 bits per heavy atom. The summed E-state index contributed by atoms with van der Waals surface area (Å²) in [6.45, 7) is 2.39. The second-order valence-corrected chi connectivity index (χ2v) is 5.55. The Bertz CT molecular complexity index is 516. The van der Waals surface area contributed by atoms with Crippen LogP contribution in [0.2, 0.25) is 0 Å². The maximum absolute atomic E-state index is 12.9. The van der Waals surface area contributed by atoms with Crippen molar-refractivity contribution in [2.24, 2.45) is 5.73 Å². The summed E-state index contributed by atoms with van der Waals surface area (Å²) in [4.78, 5) is 13.9. The third-order valence-corrected chi connectivity index (χ3v) is 3.90. The fourth-order valence-corrected chi connectivity index (χ4v) is 2.79. The van der Waals surface area contributed by atoms with E-state index in [0.29, 0.717) is 19.4 Å². The van der Waals surface area contributed by atoms with E-state index in [1.807, 2.05) is 6.92 Å². The molecule has 21 heavy (non-hydrogen) atoms. The Balaban J connectivity index is 2.13. The number of amides is 1. The molecule has 1 heterocycles. The highest BCUT2D eigenvalue weighted by Crippen LogP contribution is 2.32. The van der Waals surface area contributed by atoms with Gasteiger partial charge in [0.15, 0.2) is 0 Å². The minimum atomic E-state index is -4.44. The molecule has 1 saturated heterocycles. The molecule has 2 rings (SSSR count). The average molecular weight is 300 g/mol. The molecule has 0 radical (unpaired) electrons. The van der Waals surface area contributed by atoms with E-state index in [0.717, 1.165) is 6.07 Å². The summed E-state index contributed by atoms with van der Waals surface area (Å²) in [6.07, 6.45) is -3.29. The molecule has 2 unspecified atom stereocenters. The predicted octanol–water partition coefficient (Wildman–Crippen LogP) is 2.59. The molecule has 2 atom stereocenters. The van der Waals surface area contributed by atoms with Crippen molar-refractivity contribution < 1.29 is 18.0 Å². The first kappa shape index (κ1) is 15.8. The monoisotopic (exact) mass is 300 g/mol. The summed E-state index contributed by atoms with van der Waals surface area (Å²) in [5.74, 6) is -0.272. The fraction of sp³-hybridized carbons (Fsp3) is 0.533. The van der Waals surface area contributed by atoms with Crippen molar-refractivity contribution in [2.75, 3.05) is 6.54 Å². The van der Waals surface area contributed by atoms with Crippen LogP contribution in [0.5, 0.6) is 0 Å². The zero-order chi connectivity index (χ0) is 15.6. The molecule has 0 saturated carbocycles. The molecule has 116 valence electrons. The van der Waals surface area contributed by atoms with Gasteiger partial charge in [0.2, 0.25) is 5.91 Å². The molecule has 1 aromatic carbocycles. The Morgan fingerprint density at radius 2 is 2.05 bits per heavy atom. The molecule has 1 aliphatic rings. The minimum absolute atomic E-state index is 0.0251. The van der Waals surface area contributed by atoms with Gasteiger partial charge in [-0.3, -0.25) is 4.79 Å². The highest BCUT2D eigenvalue weighted by molar-refractivity contribution is 5.79. The number of carbonyl (C=O) groups is 1. The second kappa shape index (κ2) is 6.05. The Labute approximate surface area is 121 Å². The molecule has 0 aromatic heterocycles. The maximum atomic E-state index is 12.9. The second-order valence-electron chi connectivity index (χ2n) is 5.55. The van der Waals surface area contributed by atoms with Crippen molar-refractivity contribution in [3.63, 3.8) is 0 Å². The van der Waals surface area contributed by atoms with Crippen molar-refractivity contribution in [3.8, 4) is 0 Å². The van der Waals surface area contributed by atoms with E-state index in [4.69, 9.17) is 5.73 Å². The zero-order valence-electron chi connectivity index (χ0n) is 11.9. The van der Waals surface area contributed by atoms with Crippen LogP contribution in [0.25, 0.3) is 0 Å². The molecule has 0 aliphatic carbocycles. The molecule has 0 spiro atoms. The highest BCUT2D eigenvalue weighted by Gasteiger charge is 2.34. The quantitative estimate of drug-likeness (QED) is 0.912. The summed E-state index contributed by atoms with van der Waals surface area (Å²) in [5.41, 5.74) is 5.12. The van der Waals surface area contributed by atoms with E-state index < -0.39 is 11.7 Å². The Morgan fingerprint density at radius 3 is 2.67 bits per heavy atom. The van der Waals surface area contributed by atoms with Crippen LogP contribution in [0.4, 0.5) is 13.2 Å². The third kappa shape index (κ3) is 3.75. The number of carbonyl (C=O) groups excluding carboxylic acids is 1. The topological polar surface area (TPSA) is 46.3 Å². The van der Waals surface area contributed by atoms with E-state index in [2.05, 4.69) is 0 Å². The van der Waals surface area contributed by atoms with Gasteiger partial charge in [-0.15, -0.1) is 0 Å². The molecule has 1 amide bonds. The van der Waals surface area contributed by atoms with Crippen LogP contribution in [0.1, 0.15) is 30.9 Å².